The third kappa shape index (κ3) is 4.42. The van der Waals surface area contributed by atoms with Gasteiger partial charge in [-0.15, -0.1) is 0 Å². The van der Waals surface area contributed by atoms with Crippen molar-refractivity contribution in [1.82, 2.24) is 4.90 Å². The van der Waals surface area contributed by atoms with Crippen molar-refractivity contribution >= 4 is 17.4 Å². The van der Waals surface area contributed by atoms with Crippen molar-refractivity contribution < 1.29 is 28.9 Å². The second-order valence-electron chi connectivity index (χ2n) is 7.42. The van der Waals surface area contributed by atoms with Crippen LogP contribution in [0.3, 0.4) is 0 Å². The number of Topliss-reactive ketones (excluding diaryl/α,β-unsaturated/α-hetero) is 1. The smallest absolute Gasteiger partial charge is 0.295 e. The van der Waals surface area contributed by atoms with Crippen LogP contribution in [0.2, 0.25) is 0 Å². The molecule has 170 valence electrons. The second-order valence-corrected chi connectivity index (χ2v) is 7.42. The van der Waals surface area contributed by atoms with Crippen LogP contribution in [0.25, 0.3) is 5.76 Å². The Morgan fingerprint density at radius 2 is 1.78 bits per heavy atom. The van der Waals surface area contributed by atoms with E-state index < -0.39 is 17.7 Å². The first-order chi connectivity index (χ1) is 15.5. The van der Waals surface area contributed by atoms with Gasteiger partial charge in [-0.05, 0) is 43.2 Å². The third-order valence-electron chi connectivity index (χ3n) is 5.43. The van der Waals surface area contributed by atoms with E-state index in [1.54, 1.807) is 42.5 Å². The number of methoxy groups -OCH3 is 2. The molecule has 3 rings (SSSR count). The average molecular weight is 440 g/mol. The van der Waals surface area contributed by atoms with Gasteiger partial charge in [-0.1, -0.05) is 31.5 Å². The Bertz CT molecular complexity index is 1030. The van der Waals surface area contributed by atoms with Crippen molar-refractivity contribution in [2.45, 2.75) is 32.7 Å². The van der Waals surface area contributed by atoms with Crippen molar-refractivity contribution in [3.05, 3.63) is 59.2 Å². The topological polar surface area (TPSA) is 85.3 Å². The minimum Gasteiger partial charge on any atom is -0.507 e. The highest BCUT2D eigenvalue weighted by Gasteiger charge is 2.46. The lowest BCUT2D eigenvalue weighted by molar-refractivity contribution is -0.139. The Morgan fingerprint density at radius 3 is 2.44 bits per heavy atom. The van der Waals surface area contributed by atoms with Crippen molar-refractivity contribution in [3.63, 3.8) is 0 Å². The van der Waals surface area contributed by atoms with Crippen LogP contribution < -0.4 is 14.2 Å². The fourth-order valence-electron chi connectivity index (χ4n) is 3.86. The molecule has 1 amide bonds. The van der Waals surface area contributed by atoms with Crippen LogP contribution in [0.5, 0.6) is 17.2 Å². The lowest BCUT2D eigenvalue weighted by Crippen LogP contribution is -2.30. The number of rotatable bonds is 9. The summed E-state index contributed by atoms with van der Waals surface area (Å²) in [4.78, 5) is 27.5. The number of carbonyl (C=O) groups is 2. The zero-order chi connectivity index (χ0) is 23.3. The van der Waals surface area contributed by atoms with Gasteiger partial charge in [0, 0.05) is 12.1 Å². The maximum atomic E-state index is 13.1. The molecule has 0 radical (unpaired) electrons. The van der Waals surface area contributed by atoms with E-state index in [-0.39, 0.29) is 11.3 Å². The molecule has 1 saturated heterocycles. The maximum absolute atomic E-state index is 13.1. The van der Waals surface area contributed by atoms with E-state index in [0.29, 0.717) is 41.5 Å². The summed E-state index contributed by atoms with van der Waals surface area (Å²) in [6, 6.07) is 11.3. The van der Waals surface area contributed by atoms with Gasteiger partial charge in [-0.25, -0.2) is 0 Å². The molecule has 7 nitrogen and oxygen atoms in total. The predicted molar refractivity (Wildman–Crippen MR) is 121 cm³/mol. The fourth-order valence-corrected chi connectivity index (χ4v) is 3.86. The number of aliphatic hydroxyl groups is 1. The Balaban J connectivity index is 2.18. The molecule has 2 aromatic carbocycles. The first-order valence-corrected chi connectivity index (χ1v) is 10.7. The highest BCUT2D eigenvalue weighted by atomic mass is 16.5. The number of carbonyl (C=O) groups excluding carboxylic acids is 2. The second kappa shape index (κ2) is 10.2. The molecule has 1 N–H and O–H groups in total. The first-order valence-electron chi connectivity index (χ1n) is 10.7. The van der Waals surface area contributed by atoms with E-state index >= 15 is 0 Å². The number of likely N-dealkylation sites (tertiary alicyclic amines) is 1. The Kier molecular flexibility index (Phi) is 7.41. The molecule has 1 unspecified atom stereocenters. The number of ether oxygens (including phenoxy) is 3. The third-order valence-corrected chi connectivity index (χ3v) is 5.43. The first kappa shape index (κ1) is 23.2. The molecule has 7 heteroatoms. The summed E-state index contributed by atoms with van der Waals surface area (Å²) in [6.45, 7) is 4.75. The molecule has 1 aliphatic rings. The van der Waals surface area contributed by atoms with Crippen LogP contribution in [0.4, 0.5) is 0 Å². The minimum atomic E-state index is -0.739. The SMILES string of the molecule is CCCCN1C(=O)C(=O)/C(=C(\O)c2cccc(OCC)c2)C1c1ccc(OC)c(OC)c1. The van der Waals surface area contributed by atoms with Gasteiger partial charge in [0.15, 0.2) is 11.5 Å². The minimum absolute atomic E-state index is 0.0481. The normalized spacial score (nSPS) is 17.5. The fraction of sp³-hybridized carbons (Fsp3) is 0.360. The summed E-state index contributed by atoms with van der Waals surface area (Å²) >= 11 is 0. The molecule has 1 fully saturated rings. The zero-order valence-corrected chi connectivity index (χ0v) is 18.9. The molecule has 0 aromatic heterocycles. The van der Waals surface area contributed by atoms with E-state index in [1.807, 2.05) is 13.8 Å². The number of hydrogen-bond acceptors (Lipinski definition) is 6. The number of ketones is 1. The van der Waals surface area contributed by atoms with Gasteiger partial charge >= 0.3 is 0 Å². The number of unbranched alkanes of at least 4 members (excludes halogenated alkanes) is 1. The summed E-state index contributed by atoms with van der Waals surface area (Å²) in [5, 5.41) is 11.2. The molecule has 0 spiro atoms. The van der Waals surface area contributed by atoms with Crippen LogP contribution in [0.15, 0.2) is 48.0 Å². The van der Waals surface area contributed by atoms with Crippen LogP contribution >= 0.6 is 0 Å². The average Bonchev–Trinajstić information content (AvgIpc) is 3.07. The van der Waals surface area contributed by atoms with Crippen LogP contribution in [-0.2, 0) is 9.59 Å². The molecule has 1 heterocycles. The van der Waals surface area contributed by atoms with E-state index in [0.717, 1.165) is 12.8 Å². The summed E-state index contributed by atoms with van der Waals surface area (Å²) in [6.07, 6.45) is 1.59. The van der Waals surface area contributed by atoms with E-state index in [9.17, 15) is 14.7 Å². The van der Waals surface area contributed by atoms with Gasteiger partial charge in [0.25, 0.3) is 11.7 Å². The molecular formula is C25H29NO6. The molecule has 0 bridgehead atoms. The lowest BCUT2D eigenvalue weighted by atomic mass is 9.95. The van der Waals surface area contributed by atoms with E-state index in [1.165, 1.54) is 19.1 Å². The highest BCUT2D eigenvalue weighted by Crippen LogP contribution is 2.42. The number of benzene rings is 2. The Morgan fingerprint density at radius 1 is 1.03 bits per heavy atom. The molecule has 1 aliphatic heterocycles. The Hall–Kier alpha value is -3.48. The van der Waals surface area contributed by atoms with Crippen LogP contribution in [0.1, 0.15) is 43.9 Å². The number of nitrogens with zero attached hydrogens (tertiary/aromatic N) is 1. The van der Waals surface area contributed by atoms with Crippen LogP contribution in [-0.4, -0.2) is 49.1 Å². The van der Waals surface area contributed by atoms with Gasteiger partial charge in [-0.3, -0.25) is 9.59 Å². The summed E-state index contributed by atoms with van der Waals surface area (Å²) in [5.41, 5.74) is 1.11. The number of amides is 1. The predicted octanol–water partition coefficient (Wildman–Crippen LogP) is 4.32. The number of hydrogen-bond donors (Lipinski definition) is 1. The van der Waals surface area contributed by atoms with Crippen molar-refractivity contribution in [2.24, 2.45) is 0 Å². The van der Waals surface area contributed by atoms with E-state index in [4.69, 9.17) is 14.2 Å². The molecule has 2 aromatic rings. The Labute approximate surface area is 188 Å². The number of aliphatic hydroxyl groups excluding tert-OH is 1. The van der Waals surface area contributed by atoms with Gasteiger partial charge in [-0.2, -0.15) is 0 Å². The molecule has 0 aliphatic carbocycles. The molecule has 32 heavy (non-hydrogen) atoms. The monoisotopic (exact) mass is 439 g/mol. The standard InChI is InChI=1S/C25H29NO6/c1-5-7-13-26-22(16-11-12-19(30-3)20(15-16)31-4)21(24(28)25(26)29)23(27)17-9-8-10-18(14-17)32-6-2/h8-12,14-15,22,27H,5-7,13H2,1-4H3/b23-21-. The molecule has 1 atom stereocenters. The molecule has 0 saturated carbocycles. The molecular weight excluding hydrogens is 410 g/mol. The van der Waals surface area contributed by atoms with Crippen molar-refractivity contribution in [1.29, 1.82) is 0 Å². The largest absolute Gasteiger partial charge is 0.507 e. The summed E-state index contributed by atoms with van der Waals surface area (Å²) in [7, 11) is 3.06. The van der Waals surface area contributed by atoms with E-state index in [2.05, 4.69) is 0 Å². The van der Waals surface area contributed by atoms with Gasteiger partial charge in [0.1, 0.15) is 11.5 Å². The van der Waals surface area contributed by atoms with Gasteiger partial charge < -0.3 is 24.2 Å². The summed E-state index contributed by atoms with van der Waals surface area (Å²) in [5.74, 6) is 0.0136. The van der Waals surface area contributed by atoms with Gasteiger partial charge in [0.2, 0.25) is 0 Å². The quantitative estimate of drug-likeness (QED) is 0.356. The summed E-state index contributed by atoms with van der Waals surface area (Å²) < 4.78 is 16.3. The van der Waals surface area contributed by atoms with Crippen molar-refractivity contribution in [2.75, 3.05) is 27.4 Å². The highest BCUT2D eigenvalue weighted by molar-refractivity contribution is 6.46. The van der Waals surface area contributed by atoms with Crippen LogP contribution in [0, 0.1) is 0 Å². The maximum Gasteiger partial charge on any atom is 0.295 e. The zero-order valence-electron chi connectivity index (χ0n) is 18.9. The van der Waals surface area contributed by atoms with Gasteiger partial charge in [0.05, 0.1) is 32.4 Å². The lowest BCUT2D eigenvalue weighted by Gasteiger charge is -2.26. The van der Waals surface area contributed by atoms with Crippen molar-refractivity contribution in [3.8, 4) is 17.2 Å².